The van der Waals surface area contributed by atoms with Gasteiger partial charge in [0.2, 0.25) is 17.7 Å². The van der Waals surface area contributed by atoms with Gasteiger partial charge in [0, 0.05) is 0 Å². The van der Waals surface area contributed by atoms with E-state index in [1.165, 1.54) is 0 Å². The number of aliphatic carboxylic acids is 2. The van der Waals surface area contributed by atoms with Crippen LogP contribution in [0.5, 0.6) is 0 Å². The van der Waals surface area contributed by atoms with Crippen molar-refractivity contribution in [2.24, 2.45) is 11.7 Å². The van der Waals surface area contributed by atoms with Crippen molar-refractivity contribution in [1.29, 1.82) is 0 Å². The van der Waals surface area contributed by atoms with Gasteiger partial charge in [-0.3, -0.25) is 19.2 Å². The molecular formula is C15H26N4O8. The number of carboxylic acids is 2. The van der Waals surface area contributed by atoms with Crippen LogP contribution in [0.1, 0.15) is 26.7 Å². The van der Waals surface area contributed by atoms with Crippen molar-refractivity contribution in [1.82, 2.24) is 16.0 Å². The Hall–Kier alpha value is -2.73. The van der Waals surface area contributed by atoms with Gasteiger partial charge in [-0.15, -0.1) is 0 Å². The molecule has 0 aliphatic rings. The first-order chi connectivity index (χ1) is 12.5. The lowest BCUT2D eigenvalue weighted by molar-refractivity contribution is -0.144. The lowest BCUT2D eigenvalue weighted by Crippen LogP contribution is -2.55. The van der Waals surface area contributed by atoms with Crippen LogP contribution in [0, 0.1) is 5.92 Å². The topological polar surface area (TPSA) is 208 Å². The summed E-state index contributed by atoms with van der Waals surface area (Å²) in [5, 5.41) is 33.3. The number of aliphatic hydroxyl groups excluding tert-OH is 1. The number of hydrogen-bond acceptors (Lipinski definition) is 7. The second kappa shape index (κ2) is 11.8. The first kappa shape index (κ1) is 24.3. The highest BCUT2D eigenvalue weighted by atomic mass is 16.4. The second-order valence-corrected chi connectivity index (χ2v) is 5.93. The Morgan fingerprint density at radius 3 is 2.07 bits per heavy atom. The van der Waals surface area contributed by atoms with Gasteiger partial charge in [0.15, 0.2) is 0 Å². The van der Waals surface area contributed by atoms with Gasteiger partial charge in [-0.05, 0) is 5.92 Å². The van der Waals surface area contributed by atoms with Crippen molar-refractivity contribution >= 4 is 29.7 Å². The summed E-state index contributed by atoms with van der Waals surface area (Å²) in [6.07, 6.45) is -0.334. The molecule has 4 unspecified atom stereocenters. The monoisotopic (exact) mass is 390 g/mol. The fraction of sp³-hybridized carbons (Fsp3) is 0.667. The molecule has 0 radical (unpaired) electrons. The first-order valence-corrected chi connectivity index (χ1v) is 8.21. The summed E-state index contributed by atoms with van der Waals surface area (Å²) in [4.78, 5) is 57.7. The van der Waals surface area contributed by atoms with Crippen LogP contribution in [0.15, 0.2) is 0 Å². The summed E-state index contributed by atoms with van der Waals surface area (Å²) < 4.78 is 0. The Kier molecular flexibility index (Phi) is 10.6. The minimum atomic E-state index is -1.54. The number of carboxylic acid groups (broad SMARTS) is 2. The molecule has 0 heterocycles. The van der Waals surface area contributed by atoms with Crippen LogP contribution in [-0.4, -0.2) is 76.3 Å². The van der Waals surface area contributed by atoms with Gasteiger partial charge in [0.05, 0.1) is 19.6 Å². The zero-order valence-electron chi connectivity index (χ0n) is 15.1. The van der Waals surface area contributed by atoms with E-state index in [9.17, 15) is 29.1 Å². The smallest absolute Gasteiger partial charge is 0.326 e. The molecule has 4 atom stereocenters. The molecule has 12 heteroatoms. The van der Waals surface area contributed by atoms with Crippen molar-refractivity contribution < 1.29 is 39.3 Å². The number of amides is 3. The van der Waals surface area contributed by atoms with Gasteiger partial charge in [-0.25, -0.2) is 4.79 Å². The van der Waals surface area contributed by atoms with Crippen molar-refractivity contribution in [3.8, 4) is 0 Å². The third-order valence-electron chi connectivity index (χ3n) is 3.76. The first-order valence-electron chi connectivity index (χ1n) is 8.21. The summed E-state index contributed by atoms with van der Waals surface area (Å²) >= 11 is 0. The molecule has 0 rings (SSSR count). The molecule has 3 amide bonds. The van der Waals surface area contributed by atoms with E-state index in [1.54, 1.807) is 13.8 Å². The third kappa shape index (κ3) is 8.96. The number of nitrogens with two attached hydrogens (primary N) is 1. The lowest BCUT2D eigenvalue weighted by atomic mass is 9.98. The van der Waals surface area contributed by atoms with Crippen LogP contribution < -0.4 is 21.7 Å². The maximum Gasteiger partial charge on any atom is 0.326 e. The summed E-state index contributed by atoms with van der Waals surface area (Å²) in [5.41, 5.74) is 5.25. The molecule has 154 valence electrons. The molecule has 0 aromatic carbocycles. The van der Waals surface area contributed by atoms with E-state index in [4.69, 9.17) is 15.9 Å². The second-order valence-electron chi connectivity index (χ2n) is 5.93. The molecule has 27 heavy (non-hydrogen) atoms. The number of carbonyl (C=O) groups is 5. The van der Waals surface area contributed by atoms with Gasteiger partial charge >= 0.3 is 11.9 Å². The summed E-state index contributed by atoms with van der Waals surface area (Å²) in [7, 11) is 0. The summed E-state index contributed by atoms with van der Waals surface area (Å²) in [6, 6.07) is -4.02. The average Bonchev–Trinajstić information content (AvgIpc) is 2.61. The maximum atomic E-state index is 12.2. The van der Waals surface area contributed by atoms with Crippen molar-refractivity contribution in [2.75, 3.05) is 13.2 Å². The highest BCUT2D eigenvalue weighted by Gasteiger charge is 2.30. The molecule has 0 aromatic heterocycles. The zero-order chi connectivity index (χ0) is 21.1. The fourth-order valence-corrected chi connectivity index (χ4v) is 1.95. The van der Waals surface area contributed by atoms with Crippen LogP contribution in [0.3, 0.4) is 0 Å². The fourth-order valence-electron chi connectivity index (χ4n) is 1.95. The molecule has 0 saturated carbocycles. The normalized spacial score (nSPS) is 15.0. The number of hydrogen-bond donors (Lipinski definition) is 7. The zero-order valence-corrected chi connectivity index (χ0v) is 15.1. The van der Waals surface area contributed by atoms with Crippen molar-refractivity contribution in [3.05, 3.63) is 0 Å². The van der Waals surface area contributed by atoms with E-state index in [1.807, 2.05) is 0 Å². The summed E-state index contributed by atoms with van der Waals surface area (Å²) in [5.74, 6) is -5.77. The maximum absolute atomic E-state index is 12.2. The predicted octanol–water partition coefficient (Wildman–Crippen LogP) is -3.00. The van der Waals surface area contributed by atoms with Crippen LogP contribution in [0.4, 0.5) is 0 Å². The molecule has 0 fully saturated rings. The van der Waals surface area contributed by atoms with Gasteiger partial charge in [0.25, 0.3) is 0 Å². The number of nitrogens with one attached hydrogen (secondary N) is 3. The molecule has 0 aromatic rings. The number of rotatable bonds is 12. The molecule has 0 saturated heterocycles. The van der Waals surface area contributed by atoms with Crippen LogP contribution in [-0.2, 0) is 24.0 Å². The Bertz CT molecular complexity index is 568. The quantitative estimate of drug-likeness (QED) is 0.181. The summed E-state index contributed by atoms with van der Waals surface area (Å²) in [6.45, 7) is 2.08. The van der Waals surface area contributed by atoms with Crippen LogP contribution in [0.2, 0.25) is 0 Å². The van der Waals surface area contributed by atoms with E-state index >= 15 is 0 Å². The Morgan fingerprint density at radius 1 is 1.04 bits per heavy atom. The average molecular weight is 390 g/mol. The molecule has 0 aliphatic heterocycles. The molecule has 8 N–H and O–H groups in total. The van der Waals surface area contributed by atoms with Crippen molar-refractivity contribution in [3.63, 3.8) is 0 Å². The Morgan fingerprint density at radius 2 is 1.63 bits per heavy atom. The largest absolute Gasteiger partial charge is 0.481 e. The van der Waals surface area contributed by atoms with E-state index in [0.717, 1.165) is 0 Å². The van der Waals surface area contributed by atoms with Gasteiger partial charge in [-0.1, -0.05) is 20.3 Å². The van der Waals surface area contributed by atoms with Crippen LogP contribution in [0.25, 0.3) is 0 Å². The van der Waals surface area contributed by atoms with Gasteiger partial charge in [0.1, 0.15) is 18.1 Å². The molecule has 12 nitrogen and oxygen atoms in total. The lowest BCUT2D eigenvalue weighted by Gasteiger charge is -2.23. The highest BCUT2D eigenvalue weighted by Crippen LogP contribution is 2.08. The Labute approximate surface area is 155 Å². The minimum Gasteiger partial charge on any atom is -0.481 e. The molecular weight excluding hydrogens is 364 g/mol. The van der Waals surface area contributed by atoms with Gasteiger partial charge < -0.3 is 37.0 Å². The highest BCUT2D eigenvalue weighted by molar-refractivity contribution is 5.94. The number of carbonyl (C=O) groups excluding carboxylic acids is 3. The molecule has 0 spiro atoms. The predicted molar refractivity (Wildman–Crippen MR) is 91.3 cm³/mol. The van der Waals surface area contributed by atoms with E-state index in [-0.39, 0.29) is 0 Å². The van der Waals surface area contributed by atoms with Crippen LogP contribution >= 0.6 is 0 Å². The minimum absolute atomic E-state index is 0.424. The standard InChI is InChI=1S/C15H26N4O8/c1-3-7(2)12(15(26)27)19-14(25)9(4-11(22)23)18-10(21)5-17-13(24)8(16)6-20/h7-9,12,20H,3-6,16H2,1-2H3,(H,17,24)(H,18,21)(H,19,25)(H,22,23)(H,26,27). The van der Waals surface area contributed by atoms with Crippen molar-refractivity contribution in [2.45, 2.75) is 44.8 Å². The Balaban J connectivity index is 4.97. The van der Waals surface area contributed by atoms with E-state index < -0.39 is 73.3 Å². The SMILES string of the molecule is CCC(C)C(NC(=O)C(CC(=O)O)NC(=O)CNC(=O)C(N)CO)C(=O)O. The third-order valence-corrected chi connectivity index (χ3v) is 3.76. The molecule has 0 aliphatic carbocycles. The number of aliphatic hydroxyl groups is 1. The molecule has 0 bridgehead atoms. The van der Waals surface area contributed by atoms with E-state index in [2.05, 4.69) is 16.0 Å². The van der Waals surface area contributed by atoms with Gasteiger partial charge in [-0.2, -0.15) is 0 Å². The van der Waals surface area contributed by atoms with E-state index in [0.29, 0.717) is 6.42 Å².